The van der Waals surface area contributed by atoms with E-state index >= 15 is 0 Å². The molecule has 2 rings (SSSR count). The minimum absolute atomic E-state index is 0.328. The van der Waals surface area contributed by atoms with Gasteiger partial charge in [0.25, 0.3) is 0 Å². The SMILES string of the molecule is CN(C)CCN(CC(=O)O)C(=O)/C=C/C1=Cc2cc(Cl)ccc2OC1. The molecule has 0 saturated heterocycles. The van der Waals surface area contributed by atoms with Gasteiger partial charge in [0, 0.05) is 29.8 Å². The number of hydrogen-bond donors (Lipinski definition) is 1. The highest BCUT2D eigenvalue weighted by atomic mass is 35.5. The maximum atomic E-state index is 12.3. The van der Waals surface area contributed by atoms with Crippen LogP contribution in [0.3, 0.4) is 0 Å². The number of halogens is 1. The first-order chi connectivity index (χ1) is 11.8. The molecule has 0 atom stereocenters. The van der Waals surface area contributed by atoms with Crippen molar-refractivity contribution in [3.8, 4) is 5.75 Å². The van der Waals surface area contributed by atoms with E-state index in [-0.39, 0.29) is 12.5 Å². The molecule has 0 aromatic heterocycles. The Morgan fingerprint density at radius 3 is 2.76 bits per heavy atom. The van der Waals surface area contributed by atoms with Crippen LogP contribution in [0.1, 0.15) is 5.56 Å². The number of likely N-dealkylation sites (N-methyl/N-ethyl adjacent to an activating group) is 1. The molecule has 0 saturated carbocycles. The Bertz CT molecular complexity index is 713. The summed E-state index contributed by atoms with van der Waals surface area (Å²) in [5.74, 6) is -0.641. The zero-order chi connectivity index (χ0) is 18.4. The Kier molecular flexibility index (Phi) is 6.61. The van der Waals surface area contributed by atoms with E-state index in [9.17, 15) is 9.59 Å². The average molecular weight is 365 g/mol. The third-order valence-electron chi connectivity index (χ3n) is 3.60. The molecule has 1 heterocycles. The largest absolute Gasteiger partial charge is 0.488 e. The van der Waals surface area contributed by atoms with Gasteiger partial charge in [-0.1, -0.05) is 17.7 Å². The number of benzene rings is 1. The van der Waals surface area contributed by atoms with E-state index in [0.717, 1.165) is 16.9 Å². The monoisotopic (exact) mass is 364 g/mol. The van der Waals surface area contributed by atoms with Crippen LogP contribution in [0.5, 0.6) is 5.75 Å². The standard InChI is InChI=1S/C18H21ClN2O4/c1-20(2)7-8-21(11-18(23)24)17(22)6-3-13-9-14-10-15(19)4-5-16(14)25-12-13/h3-6,9-10H,7-8,11-12H2,1-2H3,(H,23,24)/b6-3+. The normalized spacial score (nSPS) is 13.4. The number of ether oxygens (including phenoxy) is 1. The molecule has 6 nitrogen and oxygen atoms in total. The summed E-state index contributed by atoms with van der Waals surface area (Å²) in [5, 5.41) is 9.58. The summed E-state index contributed by atoms with van der Waals surface area (Å²) in [7, 11) is 3.73. The van der Waals surface area contributed by atoms with E-state index in [2.05, 4.69) is 0 Å². The fraction of sp³-hybridized carbons (Fsp3) is 0.333. The van der Waals surface area contributed by atoms with E-state index in [4.69, 9.17) is 21.4 Å². The van der Waals surface area contributed by atoms with Crippen molar-refractivity contribution in [1.82, 2.24) is 9.80 Å². The molecular formula is C18H21ClN2O4. The van der Waals surface area contributed by atoms with Crippen LogP contribution in [0, 0.1) is 0 Å². The molecule has 1 aliphatic rings. The summed E-state index contributed by atoms with van der Waals surface area (Å²) in [6, 6.07) is 5.35. The lowest BCUT2D eigenvalue weighted by atomic mass is 10.1. The minimum Gasteiger partial charge on any atom is -0.488 e. The van der Waals surface area contributed by atoms with Crippen LogP contribution < -0.4 is 4.74 Å². The smallest absolute Gasteiger partial charge is 0.323 e. The molecule has 0 radical (unpaired) electrons. The fourth-order valence-corrected chi connectivity index (χ4v) is 2.48. The first kappa shape index (κ1) is 19.0. The van der Waals surface area contributed by atoms with Crippen molar-refractivity contribution in [3.05, 3.63) is 46.5 Å². The van der Waals surface area contributed by atoms with Gasteiger partial charge in [-0.3, -0.25) is 9.59 Å². The number of nitrogens with zero attached hydrogens (tertiary/aromatic N) is 2. The van der Waals surface area contributed by atoms with Gasteiger partial charge in [-0.2, -0.15) is 0 Å². The number of carbonyl (C=O) groups is 2. The van der Waals surface area contributed by atoms with Gasteiger partial charge in [0.2, 0.25) is 5.91 Å². The quantitative estimate of drug-likeness (QED) is 0.751. The summed E-state index contributed by atoms with van der Waals surface area (Å²) in [4.78, 5) is 26.5. The molecule has 0 fully saturated rings. The first-order valence-corrected chi connectivity index (χ1v) is 8.19. The summed E-state index contributed by atoms with van der Waals surface area (Å²) < 4.78 is 5.62. The van der Waals surface area contributed by atoms with Gasteiger partial charge in [-0.15, -0.1) is 0 Å². The minimum atomic E-state index is -1.04. The number of carbonyl (C=O) groups excluding carboxylic acids is 1. The van der Waals surface area contributed by atoms with Crippen molar-refractivity contribution < 1.29 is 19.4 Å². The molecular weight excluding hydrogens is 344 g/mol. The predicted octanol–water partition coefficient (Wildman–Crippen LogP) is 2.15. The molecule has 0 spiro atoms. The maximum absolute atomic E-state index is 12.3. The van der Waals surface area contributed by atoms with Crippen molar-refractivity contribution in [2.45, 2.75) is 0 Å². The van der Waals surface area contributed by atoms with Crippen LogP contribution in [-0.2, 0) is 9.59 Å². The highest BCUT2D eigenvalue weighted by Gasteiger charge is 2.15. The van der Waals surface area contributed by atoms with Crippen molar-refractivity contribution >= 4 is 29.6 Å². The Labute approximate surface area is 151 Å². The lowest BCUT2D eigenvalue weighted by Gasteiger charge is -2.21. The Morgan fingerprint density at radius 2 is 2.08 bits per heavy atom. The Hall–Kier alpha value is -2.31. The Balaban J connectivity index is 2.07. The zero-order valence-electron chi connectivity index (χ0n) is 14.2. The number of carboxylic acids is 1. The lowest BCUT2D eigenvalue weighted by Crippen LogP contribution is -2.39. The number of fused-ring (bicyclic) bond motifs is 1. The van der Waals surface area contributed by atoms with E-state index in [1.807, 2.05) is 25.1 Å². The summed E-state index contributed by atoms with van der Waals surface area (Å²) in [6.45, 7) is 0.945. The molecule has 0 aliphatic carbocycles. The van der Waals surface area contributed by atoms with E-state index in [1.165, 1.54) is 11.0 Å². The number of amides is 1. The maximum Gasteiger partial charge on any atom is 0.323 e. The molecule has 134 valence electrons. The van der Waals surface area contributed by atoms with E-state index in [1.54, 1.807) is 24.3 Å². The topological polar surface area (TPSA) is 70.1 Å². The van der Waals surface area contributed by atoms with Crippen molar-refractivity contribution in [2.75, 3.05) is 40.3 Å². The Morgan fingerprint density at radius 1 is 1.32 bits per heavy atom. The number of aliphatic carboxylic acids is 1. The second kappa shape index (κ2) is 8.69. The lowest BCUT2D eigenvalue weighted by molar-refractivity contribution is -0.142. The highest BCUT2D eigenvalue weighted by Crippen LogP contribution is 2.29. The third-order valence-corrected chi connectivity index (χ3v) is 3.84. The van der Waals surface area contributed by atoms with E-state index < -0.39 is 5.97 Å². The van der Waals surface area contributed by atoms with Crippen LogP contribution in [0.15, 0.2) is 35.9 Å². The second-order valence-electron chi connectivity index (χ2n) is 5.98. The van der Waals surface area contributed by atoms with Gasteiger partial charge in [-0.05, 0) is 43.9 Å². The van der Waals surface area contributed by atoms with Crippen LogP contribution in [-0.4, -0.2) is 67.1 Å². The summed E-state index contributed by atoms with van der Waals surface area (Å²) >= 11 is 5.98. The molecule has 1 aliphatic heterocycles. The summed E-state index contributed by atoms with van der Waals surface area (Å²) in [6.07, 6.45) is 4.93. The molecule has 0 bridgehead atoms. The van der Waals surface area contributed by atoms with Gasteiger partial charge in [0.05, 0.1) is 0 Å². The van der Waals surface area contributed by atoms with Crippen molar-refractivity contribution in [1.29, 1.82) is 0 Å². The van der Waals surface area contributed by atoms with Gasteiger partial charge >= 0.3 is 5.97 Å². The van der Waals surface area contributed by atoms with Crippen molar-refractivity contribution in [3.63, 3.8) is 0 Å². The number of hydrogen-bond acceptors (Lipinski definition) is 4. The first-order valence-electron chi connectivity index (χ1n) is 7.81. The number of carboxylic acid groups (broad SMARTS) is 1. The van der Waals surface area contributed by atoms with Gasteiger partial charge in [-0.25, -0.2) is 0 Å². The molecule has 1 N–H and O–H groups in total. The molecule has 7 heteroatoms. The molecule has 1 amide bonds. The highest BCUT2D eigenvalue weighted by molar-refractivity contribution is 6.30. The van der Waals surface area contributed by atoms with E-state index in [0.29, 0.717) is 24.7 Å². The molecule has 25 heavy (non-hydrogen) atoms. The third kappa shape index (κ3) is 5.92. The zero-order valence-corrected chi connectivity index (χ0v) is 15.0. The fourth-order valence-electron chi connectivity index (χ4n) is 2.30. The molecule has 0 unspecified atom stereocenters. The van der Waals surface area contributed by atoms with Crippen LogP contribution >= 0.6 is 11.6 Å². The average Bonchev–Trinajstić information content (AvgIpc) is 2.55. The van der Waals surface area contributed by atoms with Crippen LogP contribution in [0.25, 0.3) is 6.08 Å². The van der Waals surface area contributed by atoms with Gasteiger partial charge in [0.1, 0.15) is 18.9 Å². The predicted molar refractivity (Wildman–Crippen MR) is 96.8 cm³/mol. The molecule has 1 aromatic carbocycles. The van der Waals surface area contributed by atoms with Gasteiger partial charge in [0.15, 0.2) is 0 Å². The van der Waals surface area contributed by atoms with Crippen molar-refractivity contribution in [2.24, 2.45) is 0 Å². The summed E-state index contributed by atoms with van der Waals surface area (Å²) in [5.41, 5.74) is 1.66. The molecule has 1 aromatic rings. The van der Waals surface area contributed by atoms with Gasteiger partial charge < -0.3 is 19.6 Å². The van der Waals surface area contributed by atoms with Crippen LogP contribution in [0.4, 0.5) is 0 Å². The number of rotatable bonds is 7. The van der Waals surface area contributed by atoms with Crippen LogP contribution in [0.2, 0.25) is 5.02 Å². The second-order valence-corrected chi connectivity index (χ2v) is 6.42.